The van der Waals surface area contributed by atoms with Gasteiger partial charge in [0.2, 0.25) is 5.91 Å². The summed E-state index contributed by atoms with van der Waals surface area (Å²) in [5.74, 6) is -0.556. The van der Waals surface area contributed by atoms with E-state index in [0.29, 0.717) is 6.42 Å². The van der Waals surface area contributed by atoms with E-state index in [-0.39, 0.29) is 35.8 Å². The van der Waals surface area contributed by atoms with Crippen LogP contribution < -0.4 is 11.1 Å². The zero-order valence-electron chi connectivity index (χ0n) is 13.7. The Morgan fingerprint density at radius 1 is 1.43 bits per heavy atom. The summed E-state index contributed by atoms with van der Waals surface area (Å²) in [4.78, 5) is 36.0. The molecule has 1 aliphatic heterocycles. The van der Waals surface area contributed by atoms with Crippen LogP contribution in [0.2, 0.25) is 0 Å². The maximum Gasteiger partial charge on any atom is 0.347 e. The fraction of sp³-hybridized carbons (Fsp3) is 0.812. The van der Waals surface area contributed by atoms with Gasteiger partial charge in [-0.3, -0.25) is 9.59 Å². The molecule has 128 valence electrons. The Balaban J connectivity index is 1.58. The van der Waals surface area contributed by atoms with Crippen LogP contribution >= 0.6 is 0 Å². The first-order valence-corrected chi connectivity index (χ1v) is 8.25. The van der Waals surface area contributed by atoms with Crippen molar-refractivity contribution in [3.8, 4) is 0 Å². The molecule has 23 heavy (non-hydrogen) atoms. The molecule has 1 amide bonds. The number of nitrogens with one attached hydrogen (secondary N) is 1. The van der Waals surface area contributed by atoms with Gasteiger partial charge >= 0.3 is 11.9 Å². The molecule has 0 aromatic heterocycles. The Bertz CT molecular complexity index is 547. The molecular weight excluding hydrogens is 300 g/mol. The Morgan fingerprint density at radius 2 is 2.13 bits per heavy atom. The maximum absolute atomic E-state index is 12.2. The molecule has 3 fully saturated rings. The molecule has 3 rings (SSSR count). The zero-order chi connectivity index (χ0) is 16.9. The standard InChI is InChI=1S/C16H24N2O5/c1-4-16(3,17)15(21)22-7(2)14(20)23-12-8-5-9-10(6-8)13(19)18-11(9)12/h7-12H,4-6,17H2,1-3H3,(H,18,19). The summed E-state index contributed by atoms with van der Waals surface area (Å²) < 4.78 is 10.7. The maximum atomic E-state index is 12.2. The number of nitrogens with two attached hydrogens (primary N) is 1. The molecule has 3 N–H and O–H groups in total. The van der Waals surface area contributed by atoms with Gasteiger partial charge in [-0.15, -0.1) is 0 Å². The molecule has 0 aromatic carbocycles. The lowest BCUT2D eigenvalue weighted by Crippen LogP contribution is -2.48. The minimum Gasteiger partial charge on any atom is -0.457 e. The van der Waals surface area contributed by atoms with E-state index in [2.05, 4.69) is 5.32 Å². The number of rotatable bonds is 5. The quantitative estimate of drug-likeness (QED) is 0.695. The van der Waals surface area contributed by atoms with E-state index >= 15 is 0 Å². The summed E-state index contributed by atoms with van der Waals surface area (Å²) in [5.41, 5.74) is 4.69. The third kappa shape index (κ3) is 2.60. The number of amides is 1. The number of hydrogen-bond donors (Lipinski definition) is 2. The third-order valence-corrected chi connectivity index (χ3v) is 5.64. The van der Waals surface area contributed by atoms with Crippen LogP contribution in [0.1, 0.15) is 40.0 Å². The summed E-state index contributed by atoms with van der Waals surface area (Å²) in [6.45, 7) is 4.82. The van der Waals surface area contributed by atoms with Crippen molar-refractivity contribution in [3.05, 3.63) is 0 Å². The molecule has 2 bridgehead atoms. The molecule has 7 heteroatoms. The molecule has 7 nitrogen and oxygen atoms in total. The van der Waals surface area contributed by atoms with Crippen molar-refractivity contribution < 1.29 is 23.9 Å². The molecule has 1 saturated heterocycles. The second-order valence-corrected chi connectivity index (χ2v) is 7.26. The minimum absolute atomic E-state index is 0.0716. The Labute approximate surface area is 135 Å². The smallest absolute Gasteiger partial charge is 0.347 e. The van der Waals surface area contributed by atoms with Gasteiger partial charge in [-0.2, -0.15) is 0 Å². The van der Waals surface area contributed by atoms with Crippen LogP contribution in [0.25, 0.3) is 0 Å². The van der Waals surface area contributed by atoms with Gasteiger partial charge in [0.1, 0.15) is 11.6 Å². The minimum atomic E-state index is -1.12. The van der Waals surface area contributed by atoms with Crippen molar-refractivity contribution in [1.82, 2.24) is 5.32 Å². The van der Waals surface area contributed by atoms with Gasteiger partial charge in [0, 0.05) is 5.92 Å². The van der Waals surface area contributed by atoms with Crippen LogP contribution in [0, 0.1) is 17.8 Å². The summed E-state index contributed by atoms with van der Waals surface area (Å²) >= 11 is 0. The van der Waals surface area contributed by atoms with E-state index in [1.807, 2.05) is 0 Å². The van der Waals surface area contributed by atoms with E-state index in [4.69, 9.17) is 15.2 Å². The topological polar surface area (TPSA) is 108 Å². The van der Waals surface area contributed by atoms with Crippen LogP contribution in [0.5, 0.6) is 0 Å². The van der Waals surface area contributed by atoms with Gasteiger partial charge in [-0.05, 0) is 44.9 Å². The fourth-order valence-electron chi connectivity index (χ4n) is 3.96. The largest absolute Gasteiger partial charge is 0.457 e. The van der Waals surface area contributed by atoms with Crippen LogP contribution in [-0.2, 0) is 23.9 Å². The van der Waals surface area contributed by atoms with Crippen LogP contribution in [0.4, 0.5) is 0 Å². The van der Waals surface area contributed by atoms with Gasteiger partial charge in [0.15, 0.2) is 6.10 Å². The van der Waals surface area contributed by atoms with E-state index < -0.39 is 23.6 Å². The molecule has 0 aromatic rings. The van der Waals surface area contributed by atoms with E-state index in [1.54, 1.807) is 13.8 Å². The molecule has 1 heterocycles. The molecular formula is C16H24N2O5. The highest BCUT2D eigenvalue weighted by atomic mass is 16.6. The Kier molecular flexibility index (Phi) is 3.86. The van der Waals surface area contributed by atoms with E-state index in [9.17, 15) is 14.4 Å². The van der Waals surface area contributed by atoms with Gasteiger partial charge in [-0.1, -0.05) is 6.92 Å². The second kappa shape index (κ2) is 5.47. The Hall–Kier alpha value is -1.63. The second-order valence-electron chi connectivity index (χ2n) is 7.26. The summed E-state index contributed by atoms with van der Waals surface area (Å²) in [5, 5.41) is 2.93. The monoisotopic (exact) mass is 324 g/mol. The lowest BCUT2D eigenvalue weighted by Gasteiger charge is -2.28. The number of esters is 2. The first-order chi connectivity index (χ1) is 10.7. The zero-order valence-corrected chi connectivity index (χ0v) is 13.7. The highest BCUT2D eigenvalue weighted by Gasteiger charge is 2.61. The fourth-order valence-corrected chi connectivity index (χ4v) is 3.96. The molecule has 3 aliphatic rings. The number of ether oxygens (including phenoxy) is 2. The number of carbonyl (C=O) groups excluding carboxylic acids is 3. The van der Waals surface area contributed by atoms with Crippen molar-refractivity contribution in [3.63, 3.8) is 0 Å². The predicted molar refractivity (Wildman–Crippen MR) is 80.0 cm³/mol. The van der Waals surface area contributed by atoms with Gasteiger partial charge < -0.3 is 20.5 Å². The first-order valence-electron chi connectivity index (χ1n) is 8.25. The van der Waals surface area contributed by atoms with Crippen molar-refractivity contribution in [2.24, 2.45) is 23.5 Å². The lowest BCUT2D eigenvalue weighted by atomic mass is 9.88. The number of fused-ring (bicyclic) bond motifs is 1. The van der Waals surface area contributed by atoms with Crippen LogP contribution in [-0.4, -0.2) is 41.6 Å². The van der Waals surface area contributed by atoms with E-state index in [0.717, 1.165) is 12.8 Å². The van der Waals surface area contributed by atoms with Crippen LogP contribution in [0.15, 0.2) is 0 Å². The van der Waals surface area contributed by atoms with Gasteiger partial charge in [0.25, 0.3) is 0 Å². The average molecular weight is 324 g/mol. The SMILES string of the molecule is CCC(C)(N)C(=O)OC(C)C(=O)OC1C2CC3C(=O)NC1C3C2. The first kappa shape index (κ1) is 16.2. The molecule has 7 atom stereocenters. The lowest BCUT2D eigenvalue weighted by molar-refractivity contribution is -0.175. The van der Waals surface area contributed by atoms with Crippen LogP contribution in [0.3, 0.4) is 0 Å². The van der Waals surface area contributed by atoms with Crippen molar-refractivity contribution in [2.75, 3.05) is 0 Å². The molecule has 0 radical (unpaired) electrons. The average Bonchev–Trinajstić information content (AvgIpc) is 3.11. The molecule has 7 unspecified atom stereocenters. The van der Waals surface area contributed by atoms with Gasteiger partial charge in [-0.25, -0.2) is 4.79 Å². The number of hydrogen-bond acceptors (Lipinski definition) is 6. The van der Waals surface area contributed by atoms with Crippen molar-refractivity contribution in [2.45, 2.75) is 63.8 Å². The van der Waals surface area contributed by atoms with Crippen molar-refractivity contribution in [1.29, 1.82) is 0 Å². The van der Waals surface area contributed by atoms with Crippen molar-refractivity contribution >= 4 is 17.8 Å². The van der Waals surface area contributed by atoms with E-state index in [1.165, 1.54) is 6.92 Å². The van der Waals surface area contributed by atoms with Gasteiger partial charge in [0.05, 0.1) is 6.04 Å². The summed E-state index contributed by atoms with van der Waals surface area (Å²) in [7, 11) is 0. The molecule has 2 saturated carbocycles. The number of carbonyl (C=O) groups is 3. The molecule has 0 spiro atoms. The molecule has 2 aliphatic carbocycles. The normalized spacial score (nSPS) is 37.9. The predicted octanol–water partition coefficient (Wildman–Crippen LogP) is 0.112. The summed E-state index contributed by atoms with van der Waals surface area (Å²) in [6.07, 6.45) is 0.776. The summed E-state index contributed by atoms with van der Waals surface area (Å²) in [6, 6.07) is -0.0893. The Morgan fingerprint density at radius 3 is 2.78 bits per heavy atom. The highest BCUT2D eigenvalue weighted by Crippen LogP contribution is 2.53. The highest BCUT2D eigenvalue weighted by molar-refractivity contribution is 5.85. The third-order valence-electron chi connectivity index (χ3n) is 5.64.